The third-order valence-electron chi connectivity index (χ3n) is 3.39. The highest BCUT2D eigenvalue weighted by Crippen LogP contribution is 2.31. The van der Waals surface area contributed by atoms with Crippen molar-refractivity contribution in [3.8, 4) is 5.75 Å². The molecule has 4 nitrogen and oxygen atoms in total. The molecule has 0 aliphatic rings. The molecule has 108 valence electrons. The van der Waals surface area contributed by atoms with Gasteiger partial charge in [0.05, 0.1) is 12.1 Å². The molecule has 1 aromatic carbocycles. The number of anilines is 1. The minimum absolute atomic E-state index is 0.801. The smallest absolute Gasteiger partial charge is 0.145 e. The van der Waals surface area contributed by atoms with Gasteiger partial charge >= 0.3 is 0 Å². The van der Waals surface area contributed by atoms with Crippen molar-refractivity contribution in [2.75, 3.05) is 19.0 Å². The highest BCUT2D eigenvalue weighted by atomic mass is 32.1. The predicted octanol–water partition coefficient (Wildman–Crippen LogP) is 3.66. The van der Waals surface area contributed by atoms with Crippen LogP contribution < -0.4 is 10.1 Å². The van der Waals surface area contributed by atoms with Gasteiger partial charge in [-0.3, -0.25) is 4.98 Å². The molecule has 0 spiro atoms. The number of pyridine rings is 1. The van der Waals surface area contributed by atoms with E-state index in [0.717, 1.165) is 45.9 Å². The second-order valence-corrected chi connectivity index (χ2v) is 5.75. The zero-order chi connectivity index (χ0) is 14.7. The summed E-state index contributed by atoms with van der Waals surface area (Å²) in [7, 11) is 1.67. The van der Waals surface area contributed by atoms with E-state index in [2.05, 4.69) is 28.3 Å². The summed E-state index contributed by atoms with van der Waals surface area (Å²) in [6, 6.07) is 6.00. The van der Waals surface area contributed by atoms with E-state index < -0.39 is 0 Å². The van der Waals surface area contributed by atoms with Crippen molar-refractivity contribution >= 4 is 27.9 Å². The van der Waals surface area contributed by atoms with Crippen molar-refractivity contribution in [2.45, 2.75) is 13.3 Å². The van der Waals surface area contributed by atoms with Gasteiger partial charge in [0.2, 0.25) is 0 Å². The minimum Gasteiger partial charge on any atom is -0.494 e. The quantitative estimate of drug-likeness (QED) is 0.781. The molecule has 0 saturated carbocycles. The summed E-state index contributed by atoms with van der Waals surface area (Å²) < 4.78 is 5.39. The maximum atomic E-state index is 5.39. The fraction of sp³-hybridized carbons (Fsp3) is 0.250. The third kappa shape index (κ3) is 2.83. The van der Waals surface area contributed by atoms with E-state index in [-0.39, 0.29) is 0 Å². The van der Waals surface area contributed by atoms with Crippen molar-refractivity contribution in [3.63, 3.8) is 0 Å². The van der Waals surface area contributed by atoms with E-state index in [9.17, 15) is 0 Å². The second kappa shape index (κ2) is 6.10. The van der Waals surface area contributed by atoms with E-state index in [1.165, 1.54) is 0 Å². The lowest BCUT2D eigenvalue weighted by molar-refractivity contribution is 0.419. The van der Waals surface area contributed by atoms with Gasteiger partial charge in [-0.15, -0.1) is 11.3 Å². The first-order valence-corrected chi connectivity index (χ1v) is 7.72. The molecular formula is C16H17N3OS. The van der Waals surface area contributed by atoms with Crippen LogP contribution in [0, 0.1) is 6.92 Å². The Morgan fingerprint density at radius 3 is 2.95 bits per heavy atom. The first-order valence-electron chi connectivity index (χ1n) is 6.84. The lowest BCUT2D eigenvalue weighted by Gasteiger charge is -2.13. The van der Waals surface area contributed by atoms with Crippen LogP contribution in [0.25, 0.3) is 10.9 Å². The molecule has 0 aliphatic heterocycles. The number of benzene rings is 1. The molecule has 3 aromatic rings. The van der Waals surface area contributed by atoms with Gasteiger partial charge < -0.3 is 10.1 Å². The Bertz CT molecular complexity index is 741. The Balaban J connectivity index is 1.88. The number of aryl methyl sites for hydroxylation is 1. The molecule has 3 rings (SSSR count). The number of nitrogens with zero attached hydrogens (tertiary/aromatic N) is 2. The van der Waals surface area contributed by atoms with Crippen molar-refractivity contribution in [1.82, 2.24) is 9.97 Å². The fourth-order valence-electron chi connectivity index (χ4n) is 2.37. The molecule has 1 N–H and O–H groups in total. The average Bonchev–Trinajstić information content (AvgIpc) is 3.02. The van der Waals surface area contributed by atoms with Gasteiger partial charge in [-0.2, -0.15) is 0 Å². The number of thiazole rings is 1. The lowest BCUT2D eigenvalue weighted by atomic mass is 10.1. The highest BCUT2D eigenvalue weighted by molar-refractivity contribution is 7.09. The summed E-state index contributed by atoms with van der Waals surface area (Å²) in [5.74, 6) is 0.801. The van der Waals surface area contributed by atoms with Gasteiger partial charge in [-0.05, 0) is 18.6 Å². The molecule has 0 radical (unpaired) electrons. The number of hydrogen-bond donors (Lipinski definition) is 1. The lowest BCUT2D eigenvalue weighted by Crippen LogP contribution is -2.07. The van der Waals surface area contributed by atoms with E-state index in [1.807, 2.05) is 29.9 Å². The molecule has 0 unspecified atom stereocenters. The zero-order valence-corrected chi connectivity index (χ0v) is 12.9. The number of para-hydroxylation sites is 1. The fourth-order valence-corrected chi connectivity index (χ4v) is 2.99. The molecule has 0 saturated heterocycles. The summed E-state index contributed by atoms with van der Waals surface area (Å²) in [4.78, 5) is 8.80. The van der Waals surface area contributed by atoms with E-state index in [4.69, 9.17) is 4.74 Å². The molecule has 2 aromatic heterocycles. The zero-order valence-electron chi connectivity index (χ0n) is 12.1. The number of fused-ring (bicyclic) bond motifs is 1. The largest absolute Gasteiger partial charge is 0.494 e. The molecule has 5 heteroatoms. The molecular weight excluding hydrogens is 282 g/mol. The van der Waals surface area contributed by atoms with Crippen LogP contribution in [0.3, 0.4) is 0 Å². The summed E-state index contributed by atoms with van der Waals surface area (Å²) in [5, 5.41) is 7.76. The van der Waals surface area contributed by atoms with Crippen LogP contribution in [-0.2, 0) is 6.42 Å². The van der Waals surface area contributed by atoms with Gasteiger partial charge in [0.25, 0.3) is 0 Å². The van der Waals surface area contributed by atoms with Crippen LogP contribution in [0.1, 0.15) is 10.6 Å². The van der Waals surface area contributed by atoms with Crippen LogP contribution in [0.2, 0.25) is 0 Å². The van der Waals surface area contributed by atoms with E-state index in [1.54, 1.807) is 18.4 Å². The highest BCUT2D eigenvalue weighted by Gasteiger charge is 2.09. The molecule has 0 fully saturated rings. The number of nitrogens with one attached hydrogen (secondary N) is 1. The van der Waals surface area contributed by atoms with Gasteiger partial charge in [-0.1, -0.05) is 12.1 Å². The van der Waals surface area contributed by atoms with Crippen LogP contribution in [0.4, 0.5) is 5.69 Å². The molecule has 0 aliphatic carbocycles. The number of aromatic nitrogens is 2. The van der Waals surface area contributed by atoms with Gasteiger partial charge in [0, 0.05) is 41.8 Å². The standard InChI is InChI=1S/C16H17N3OS/c1-11-10-19-16-12(4-3-5-13(16)20-2)15(11)18-7-6-14-17-8-9-21-14/h3-5,8-10H,6-7H2,1-2H3,(H,18,19). The van der Waals surface area contributed by atoms with Gasteiger partial charge in [0.15, 0.2) is 0 Å². The van der Waals surface area contributed by atoms with Crippen molar-refractivity contribution in [2.24, 2.45) is 0 Å². The van der Waals surface area contributed by atoms with Crippen LogP contribution in [0.15, 0.2) is 36.0 Å². The Kier molecular flexibility index (Phi) is 4.01. The number of hydrogen-bond acceptors (Lipinski definition) is 5. The predicted molar refractivity (Wildman–Crippen MR) is 87.3 cm³/mol. The first kappa shape index (κ1) is 13.8. The summed E-state index contributed by atoms with van der Waals surface area (Å²) >= 11 is 1.69. The third-order valence-corrected chi connectivity index (χ3v) is 4.23. The van der Waals surface area contributed by atoms with Gasteiger partial charge in [-0.25, -0.2) is 4.98 Å². The SMILES string of the molecule is COc1cccc2c(NCCc3nccs3)c(C)cnc12. The van der Waals surface area contributed by atoms with Crippen LogP contribution in [-0.4, -0.2) is 23.6 Å². The average molecular weight is 299 g/mol. The Labute approximate surface area is 127 Å². The van der Waals surface area contributed by atoms with E-state index in [0.29, 0.717) is 0 Å². The maximum absolute atomic E-state index is 5.39. The summed E-state index contributed by atoms with van der Waals surface area (Å²) in [5.41, 5.74) is 3.15. The summed E-state index contributed by atoms with van der Waals surface area (Å²) in [6.07, 6.45) is 4.65. The molecule has 0 atom stereocenters. The topological polar surface area (TPSA) is 47.0 Å². The molecule has 0 amide bonds. The Morgan fingerprint density at radius 1 is 1.29 bits per heavy atom. The number of ether oxygens (including phenoxy) is 1. The van der Waals surface area contributed by atoms with Crippen molar-refractivity contribution < 1.29 is 4.74 Å². The Morgan fingerprint density at radius 2 is 2.19 bits per heavy atom. The number of methoxy groups -OCH3 is 1. The minimum atomic E-state index is 0.801. The number of rotatable bonds is 5. The summed E-state index contributed by atoms with van der Waals surface area (Å²) in [6.45, 7) is 2.92. The van der Waals surface area contributed by atoms with Gasteiger partial charge in [0.1, 0.15) is 11.3 Å². The first-order chi connectivity index (χ1) is 10.3. The van der Waals surface area contributed by atoms with Crippen molar-refractivity contribution in [3.05, 3.63) is 46.5 Å². The maximum Gasteiger partial charge on any atom is 0.145 e. The monoisotopic (exact) mass is 299 g/mol. The molecule has 0 bridgehead atoms. The molecule has 21 heavy (non-hydrogen) atoms. The Hall–Kier alpha value is -2.14. The normalized spacial score (nSPS) is 10.8. The van der Waals surface area contributed by atoms with Crippen LogP contribution in [0.5, 0.6) is 5.75 Å². The van der Waals surface area contributed by atoms with Crippen LogP contribution >= 0.6 is 11.3 Å². The van der Waals surface area contributed by atoms with E-state index >= 15 is 0 Å². The second-order valence-electron chi connectivity index (χ2n) is 4.78. The molecule has 2 heterocycles. The van der Waals surface area contributed by atoms with Crippen molar-refractivity contribution in [1.29, 1.82) is 0 Å².